The molecular formula is C21H24N2O4. The van der Waals surface area contributed by atoms with Crippen molar-refractivity contribution in [1.82, 2.24) is 5.32 Å². The molecule has 0 saturated heterocycles. The molecule has 27 heavy (non-hydrogen) atoms. The fourth-order valence-electron chi connectivity index (χ4n) is 2.49. The van der Waals surface area contributed by atoms with Crippen LogP contribution in [0.25, 0.3) is 0 Å². The highest BCUT2D eigenvalue weighted by molar-refractivity contribution is 5.98. The van der Waals surface area contributed by atoms with Gasteiger partial charge in [-0.25, -0.2) is 4.79 Å². The number of anilines is 1. The summed E-state index contributed by atoms with van der Waals surface area (Å²) in [6, 6.07) is 13.4. The summed E-state index contributed by atoms with van der Waals surface area (Å²) in [6.07, 6.45) is -0.993. The number of benzene rings is 2. The molecule has 2 aromatic carbocycles. The van der Waals surface area contributed by atoms with Gasteiger partial charge in [0.1, 0.15) is 6.04 Å². The summed E-state index contributed by atoms with van der Waals surface area (Å²) >= 11 is 0. The van der Waals surface area contributed by atoms with Crippen molar-refractivity contribution in [3.8, 4) is 0 Å². The SMILES string of the molecule is Cc1cccc(C)c1NC(=O)[C@H](C)OC(=O)[C@H](C)NC(=O)c1ccccc1. The minimum atomic E-state index is -0.993. The van der Waals surface area contributed by atoms with Gasteiger partial charge in [0, 0.05) is 11.3 Å². The molecule has 0 spiro atoms. The van der Waals surface area contributed by atoms with Crippen LogP contribution < -0.4 is 10.6 Å². The van der Waals surface area contributed by atoms with E-state index in [0.717, 1.165) is 11.1 Å². The van der Waals surface area contributed by atoms with E-state index in [-0.39, 0.29) is 5.91 Å². The molecule has 6 nitrogen and oxygen atoms in total. The summed E-state index contributed by atoms with van der Waals surface area (Å²) in [5, 5.41) is 5.35. The monoisotopic (exact) mass is 368 g/mol. The summed E-state index contributed by atoms with van der Waals surface area (Å²) < 4.78 is 5.20. The molecule has 2 atom stereocenters. The lowest BCUT2D eigenvalue weighted by atomic mass is 10.1. The van der Waals surface area contributed by atoms with Gasteiger partial charge in [0.2, 0.25) is 0 Å². The van der Waals surface area contributed by atoms with Gasteiger partial charge in [-0.3, -0.25) is 9.59 Å². The Bertz CT molecular complexity index is 813. The zero-order valence-corrected chi connectivity index (χ0v) is 15.9. The van der Waals surface area contributed by atoms with Crippen molar-refractivity contribution in [2.45, 2.75) is 39.8 Å². The molecule has 2 aromatic rings. The number of ether oxygens (including phenoxy) is 1. The third-order valence-corrected chi connectivity index (χ3v) is 4.13. The average Bonchev–Trinajstić information content (AvgIpc) is 2.65. The van der Waals surface area contributed by atoms with E-state index >= 15 is 0 Å². The van der Waals surface area contributed by atoms with Crippen LogP contribution in [0.1, 0.15) is 35.3 Å². The van der Waals surface area contributed by atoms with Gasteiger partial charge in [0.15, 0.2) is 6.10 Å². The number of carbonyl (C=O) groups excluding carboxylic acids is 3. The third kappa shape index (κ3) is 5.41. The summed E-state index contributed by atoms with van der Waals surface area (Å²) in [5.74, 6) is -1.49. The Labute approximate surface area is 158 Å². The van der Waals surface area contributed by atoms with E-state index in [1.54, 1.807) is 30.3 Å². The fourth-order valence-corrected chi connectivity index (χ4v) is 2.49. The standard InChI is InChI=1S/C21H24N2O4/c1-13-9-8-10-14(2)18(13)23-19(24)16(4)27-21(26)15(3)22-20(25)17-11-6-5-7-12-17/h5-12,15-16H,1-4H3,(H,22,25)(H,23,24)/t15-,16-/m0/s1. The Morgan fingerprint density at radius 2 is 1.48 bits per heavy atom. The molecule has 0 aliphatic carbocycles. The van der Waals surface area contributed by atoms with Gasteiger partial charge in [-0.05, 0) is 51.0 Å². The van der Waals surface area contributed by atoms with Gasteiger partial charge in [-0.2, -0.15) is 0 Å². The molecule has 0 unspecified atom stereocenters. The molecule has 0 aromatic heterocycles. The number of carbonyl (C=O) groups is 3. The van der Waals surface area contributed by atoms with Gasteiger partial charge in [-0.1, -0.05) is 36.4 Å². The van der Waals surface area contributed by atoms with Crippen LogP contribution >= 0.6 is 0 Å². The normalized spacial score (nSPS) is 12.6. The molecule has 6 heteroatoms. The van der Waals surface area contributed by atoms with E-state index in [1.165, 1.54) is 13.8 Å². The van der Waals surface area contributed by atoms with Gasteiger partial charge in [-0.15, -0.1) is 0 Å². The van der Waals surface area contributed by atoms with Crippen molar-refractivity contribution in [3.63, 3.8) is 0 Å². The molecule has 0 saturated carbocycles. The molecule has 0 fully saturated rings. The van der Waals surface area contributed by atoms with Crippen molar-refractivity contribution >= 4 is 23.5 Å². The Morgan fingerprint density at radius 3 is 2.07 bits per heavy atom. The Balaban J connectivity index is 1.92. The number of aryl methyl sites for hydroxylation is 2. The topological polar surface area (TPSA) is 84.5 Å². The predicted molar refractivity (Wildman–Crippen MR) is 103 cm³/mol. The van der Waals surface area contributed by atoms with E-state index in [9.17, 15) is 14.4 Å². The Morgan fingerprint density at radius 1 is 0.889 bits per heavy atom. The van der Waals surface area contributed by atoms with Crippen LogP contribution in [0.15, 0.2) is 48.5 Å². The smallest absolute Gasteiger partial charge is 0.329 e. The quantitative estimate of drug-likeness (QED) is 0.768. The molecule has 0 aliphatic heterocycles. The number of nitrogens with one attached hydrogen (secondary N) is 2. The maximum Gasteiger partial charge on any atom is 0.329 e. The first-order valence-corrected chi connectivity index (χ1v) is 8.73. The highest BCUT2D eigenvalue weighted by Gasteiger charge is 2.24. The molecule has 0 bridgehead atoms. The van der Waals surface area contributed by atoms with Gasteiger partial charge >= 0.3 is 5.97 Å². The Kier molecular flexibility index (Phi) is 6.71. The summed E-state index contributed by atoms with van der Waals surface area (Å²) in [7, 11) is 0. The molecule has 2 amide bonds. The minimum Gasteiger partial charge on any atom is -0.451 e. The van der Waals surface area contributed by atoms with Crippen molar-refractivity contribution < 1.29 is 19.1 Å². The second-order valence-corrected chi connectivity index (χ2v) is 6.40. The molecule has 2 N–H and O–H groups in total. The molecule has 0 heterocycles. The summed E-state index contributed by atoms with van der Waals surface area (Å²) in [4.78, 5) is 36.6. The lowest BCUT2D eigenvalue weighted by molar-refractivity contribution is -0.154. The number of esters is 1. The van der Waals surface area contributed by atoms with Gasteiger partial charge in [0.05, 0.1) is 0 Å². The lowest BCUT2D eigenvalue weighted by Crippen LogP contribution is -2.42. The first-order valence-electron chi connectivity index (χ1n) is 8.73. The number of rotatable bonds is 6. The number of hydrogen-bond acceptors (Lipinski definition) is 4. The maximum atomic E-state index is 12.3. The van der Waals surface area contributed by atoms with E-state index in [2.05, 4.69) is 10.6 Å². The van der Waals surface area contributed by atoms with Crippen LogP contribution in [0, 0.1) is 13.8 Å². The van der Waals surface area contributed by atoms with Gasteiger partial charge < -0.3 is 15.4 Å². The van der Waals surface area contributed by atoms with Crippen LogP contribution in [0.3, 0.4) is 0 Å². The zero-order chi connectivity index (χ0) is 20.0. The lowest BCUT2D eigenvalue weighted by Gasteiger charge is -2.19. The number of amides is 2. The largest absolute Gasteiger partial charge is 0.451 e. The Hall–Kier alpha value is -3.15. The third-order valence-electron chi connectivity index (χ3n) is 4.13. The second kappa shape index (κ2) is 8.98. The molecule has 0 aliphatic rings. The summed E-state index contributed by atoms with van der Waals surface area (Å²) in [6.45, 7) is 6.78. The van der Waals surface area contributed by atoms with Crippen LogP contribution in [-0.4, -0.2) is 29.9 Å². The van der Waals surface area contributed by atoms with Crippen molar-refractivity contribution in [3.05, 3.63) is 65.2 Å². The second-order valence-electron chi connectivity index (χ2n) is 6.40. The first kappa shape index (κ1) is 20.2. The van der Waals surface area contributed by atoms with Crippen LogP contribution in [0.5, 0.6) is 0 Å². The highest BCUT2D eigenvalue weighted by atomic mass is 16.5. The highest BCUT2D eigenvalue weighted by Crippen LogP contribution is 2.19. The average molecular weight is 368 g/mol. The zero-order valence-electron chi connectivity index (χ0n) is 15.9. The summed E-state index contributed by atoms with van der Waals surface area (Å²) in [5.41, 5.74) is 2.99. The fraction of sp³-hybridized carbons (Fsp3) is 0.286. The minimum absolute atomic E-state index is 0.382. The molecule has 0 radical (unpaired) electrons. The molecular weight excluding hydrogens is 344 g/mol. The van der Waals surface area contributed by atoms with E-state index < -0.39 is 24.0 Å². The first-order chi connectivity index (χ1) is 12.8. The van der Waals surface area contributed by atoms with Crippen LogP contribution in [0.4, 0.5) is 5.69 Å². The van der Waals surface area contributed by atoms with E-state index in [1.807, 2.05) is 32.0 Å². The number of para-hydroxylation sites is 1. The van der Waals surface area contributed by atoms with Crippen molar-refractivity contribution in [2.75, 3.05) is 5.32 Å². The van der Waals surface area contributed by atoms with Crippen LogP contribution in [0.2, 0.25) is 0 Å². The van der Waals surface area contributed by atoms with E-state index in [4.69, 9.17) is 4.74 Å². The molecule has 2 rings (SSSR count). The van der Waals surface area contributed by atoms with Crippen molar-refractivity contribution in [2.24, 2.45) is 0 Å². The van der Waals surface area contributed by atoms with E-state index in [0.29, 0.717) is 11.3 Å². The maximum absolute atomic E-state index is 12.3. The predicted octanol–water partition coefficient (Wildman–Crippen LogP) is 2.99. The van der Waals surface area contributed by atoms with Gasteiger partial charge in [0.25, 0.3) is 11.8 Å². The number of hydrogen-bond donors (Lipinski definition) is 2. The molecule has 142 valence electrons. The van der Waals surface area contributed by atoms with Crippen molar-refractivity contribution in [1.29, 1.82) is 0 Å². The van der Waals surface area contributed by atoms with Crippen LogP contribution in [-0.2, 0) is 14.3 Å².